The summed E-state index contributed by atoms with van der Waals surface area (Å²) in [5.41, 5.74) is 7.71. The average Bonchev–Trinajstić information content (AvgIpc) is 3.49. The molecule has 0 radical (unpaired) electrons. The number of hydrogen-bond acceptors (Lipinski definition) is 10. The molecule has 1 saturated heterocycles. The molecule has 0 aromatic carbocycles. The summed E-state index contributed by atoms with van der Waals surface area (Å²) >= 11 is 2.51. The van der Waals surface area contributed by atoms with Crippen LogP contribution in [-0.2, 0) is 25.8 Å². The van der Waals surface area contributed by atoms with Crippen molar-refractivity contribution in [3.63, 3.8) is 0 Å². The number of nitrogens with one attached hydrogen (secondary N) is 1. The highest BCUT2D eigenvalue weighted by Gasteiger charge is 2.54. The second-order valence-corrected chi connectivity index (χ2v) is 9.61. The monoisotopic (exact) mass is 515 g/mol. The Morgan fingerprint density at radius 1 is 1.46 bits per heavy atom. The maximum Gasteiger partial charge on any atom is 0.352 e. The fourth-order valence-electron chi connectivity index (χ4n) is 4.04. The number of hydrogen-bond donors (Lipinski definition) is 3. The van der Waals surface area contributed by atoms with Crippen molar-refractivity contribution < 1.29 is 33.3 Å². The number of carbonyl (C=O) groups is 3. The van der Waals surface area contributed by atoms with Gasteiger partial charge in [-0.25, -0.2) is 9.78 Å². The number of amides is 2. The number of anilines is 1. The van der Waals surface area contributed by atoms with Crippen LogP contribution in [0.1, 0.15) is 5.69 Å². The van der Waals surface area contributed by atoms with Gasteiger partial charge in [-0.1, -0.05) is 5.16 Å². The Kier molecular flexibility index (Phi) is 5.90. The zero-order valence-electron chi connectivity index (χ0n) is 18.2. The lowest BCUT2D eigenvalue weighted by Crippen LogP contribution is -2.71. The molecule has 1 unspecified atom stereocenters. The number of β-lactam (4-membered cyclic amide) rings is 1. The summed E-state index contributed by atoms with van der Waals surface area (Å²) in [6.07, 6.45) is 3.39. The van der Waals surface area contributed by atoms with Gasteiger partial charge in [-0.2, -0.15) is 4.57 Å². The maximum absolute atomic E-state index is 13.0. The molecule has 14 heteroatoms. The molecule has 12 nitrogen and oxygen atoms in total. The molecule has 0 bridgehead atoms. The first kappa shape index (κ1) is 22.9. The van der Waals surface area contributed by atoms with Crippen LogP contribution >= 0.6 is 23.1 Å². The van der Waals surface area contributed by atoms with E-state index in [1.54, 1.807) is 23.8 Å². The number of carboxylic acids is 1. The summed E-state index contributed by atoms with van der Waals surface area (Å²) in [6.45, 7) is 0.273. The molecule has 0 aliphatic carbocycles. The number of pyridine rings is 1. The van der Waals surface area contributed by atoms with Gasteiger partial charge in [0.05, 0.1) is 6.26 Å². The van der Waals surface area contributed by atoms with Crippen molar-refractivity contribution in [2.45, 2.75) is 18.0 Å². The van der Waals surface area contributed by atoms with Crippen LogP contribution in [0, 0.1) is 0 Å². The number of aliphatic carboxylic acids is 1. The molecule has 35 heavy (non-hydrogen) atoms. The van der Waals surface area contributed by atoms with E-state index in [0.29, 0.717) is 16.9 Å². The molecule has 5 rings (SSSR count). The third kappa shape index (κ3) is 4.00. The Balaban J connectivity index is 1.38. The largest absolute Gasteiger partial charge is 0.477 e. The van der Waals surface area contributed by atoms with Crippen molar-refractivity contribution in [2.75, 3.05) is 18.6 Å². The molecule has 0 spiro atoms. The van der Waals surface area contributed by atoms with Gasteiger partial charge >= 0.3 is 5.97 Å². The molecule has 2 aliphatic heterocycles. The quantitative estimate of drug-likeness (QED) is 0.176. The smallest absolute Gasteiger partial charge is 0.352 e. The molecule has 2 atom stereocenters. The molecule has 180 valence electrons. The van der Waals surface area contributed by atoms with E-state index < -0.39 is 29.2 Å². The lowest BCUT2D eigenvalue weighted by molar-refractivity contribution is -0.663. The summed E-state index contributed by atoms with van der Waals surface area (Å²) in [7, 11) is 1.28. The number of rotatable bonds is 7. The Labute approximate surface area is 206 Å². The minimum absolute atomic E-state index is 0.0738. The van der Waals surface area contributed by atoms with Crippen LogP contribution in [0.2, 0.25) is 0 Å². The highest BCUT2D eigenvalue weighted by atomic mass is 32.2. The summed E-state index contributed by atoms with van der Waals surface area (Å²) < 4.78 is 7.29. The van der Waals surface area contributed by atoms with Gasteiger partial charge in [0.2, 0.25) is 0 Å². The summed E-state index contributed by atoms with van der Waals surface area (Å²) in [5, 5.41) is 17.5. The lowest BCUT2D eigenvalue weighted by atomic mass is 10.0. The molecule has 5 heterocycles. The number of fused-ring (bicyclic) bond motifs is 2. The van der Waals surface area contributed by atoms with Gasteiger partial charge in [0.25, 0.3) is 17.3 Å². The summed E-state index contributed by atoms with van der Waals surface area (Å²) in [6, 6.07) is 4.49. The number of nitrogen functional groups attached to an aromatic ring is 1. The van der Waals surface area contributed by atoms with E-state index in [4.69, 9.17) is 15.0 Å². The van der Waals surface area contributed by atoms with Crippen LogP contribution < -0.4 is 15.6 Å². The molecule has 3 aromatic heterocycles. The summed E-state index contributed by atoms with van der Waals surface area (Å²) in [4.78, 5) is 48.1. The van der Waals surface area contributed by atoms with E-state index in [0.717, 1.165) is 16.9 Å². The number of nitrogens with two attached hydrogens (primary N) is 1. The Bertz CT molecular complexity index is 1410. The fraction of sp³-hybridized carbons (Fsp3) is 0.238. The van der Waals surface area contributed by atoms with Crippen LogP contribution in [0.25, 0.3) is 11.1 Å². The number of thiazole rings is 1. The Morgan fingerprint density at radius 3 is 3.00 bits per heavy atom. The predicted octanol–water partition coefficient (Wildman–Crippen LogP) is 0.548. The number of furan rings is 1. The van der Waals surface area contributed by atoms with Crippen molar-refractivity contribution in [3.05, 3.63) is 53.0 Å². The summed E-state index contributed by atoms with van der Waals surface area (Å²) in [5.74, 6) is -2.04. The van der Waals surface area contributed by atoms with Crippen LogP contribution in [0.3, 0.4) is 0 Å². The van der Waals surface area contributed by atoms with Gasteiger partial charge in [0.1, 0.15) is 29.9 Å². The van der Waals surface area contributed by atoms with Gasteiger partial charge in [0, 0.05) is 28.8 Å². The lowest BCUT2D eigenvalue weighted by Gasteiger charge is -2.49. The zero-order chi connectivity index (χ0) is 24.7. The van der Waals surface area contributed by atoms with E-state index in [-0.39, 0.29) is 28.8 Å². The van der Waals surface area contributed by atoms with Crippen LogP contribution in [0.5, 0.6) is 0 Å². The van der Waals surface area contributed by atoms with Crippen LogP contribution in [0.15, 0.2) is 56.9 Å². The molecule has 0 saturated carbocycles. The topological polar surface area (TPSA) is 164 Å². The Hall–Kier alpha value is -3.91. The van der Waals surface area contributed by atoms with Crippen molar-refractivity contribution in [3.8, 4) is 0 Å². The van der Waals surface area contributed by atoms with E-state index >= 15 is 0 Å². The standard InChI is InChI=1S/C21H18N6O6S2/c1-32-25-14(11-9-35-21(22)23-11)17(28)24-15-18(29)27-16(20(30)31)10(8-34-19(15)27)7-26-5-2-3-13-12(26)4-6-33-13/h2-6,9,15,19H,7-8H2,1H3,(H3-,22,23,24,28,30,31)/p+1/b25-14-/t15?,19-/m1/s1. The molecule has 4 N–H and O–H groups in total. The van der Waals surface area contributed by atoms with E-state index in [1.807, 2.05) is 16.8 Å². The van der Waals surface area contributed by atoms with Crippen molar-refractivity contribution >= 4 is 62.8 Å². The molecular formula is C21H19N6O6S2+. The van der Waals surface area contributed by atoms with Crippen LogP contribution in [-0.4, -0.2) is 62.8 Å². The normalized spacial score (nSPS) is 20.0. The van der Waals surface area contributed by atoms with Crippen molar-refractivity contribution in [1.29, 1.82) is 0 Å². The van der Waals surface area contributed by atoms with Gasteiger partial charge in [-0.15, -0.1) is 23.1 Å². The highest BCUT2D eigenvalue weighted by molar-refractivity contribution is 8.00. The third-order valence-corrected chi connectivity index (χ3v) is 7.57. The zero-order valence-corrected chi connectivity index (χ0v) is 19.8. The molecule has 1 fully saturated rings. The first-order valence-corrected chi connectivity index (χ1v) is 12.2. The van der Waals surface area contributed by atoms with Crippen molar-refractivity contribution in [2.24, 2.45) is 5.16 Å². The van der Waals surface area contributed by atoms with Gasteiger partial charge < -0.3 is 25.4 Å². The second-order valence-electron chi connectivity index (χ2n) is 7.62. The number of aromatic nitrogens is 2. The first-order valence-electron chi connectivity index (χ1n) is 10.3. The van der Waals surface area contributed by atoms with Gasteiger partial charge in [-0.3, -0.25) is 14.5 Å². The third-order valence-electron chi connectivity index (χ3n) is 5.56. The first-order chi connectivity index (χ1) is 16.9. The van der Waals surface area contributed by atoms with Gasteiger partial charge in [0.15, 0.2) is 29.2 Å². The molecule has 3 aromatic rings. The number of carbonyl (C=O) groups excluding carboxylic acids is 2. The second kappa shape index (κ2) is 9.03. The fourth-order valence-corrected chi connectivity index (χ4v) is 5.92. The van der Waals surface area contributed by atoms with E-state index in [9.17, 15) is 19.5 Å². The molecule has 2 aliphatic rings. The number of oxime groups is 1. The molecular weight excluding hydrogens is 496 g/mol. The number of thioether (sulfide) groups is 1. The molecule has 2 amide bonds. The number of carboxylic acid groups (broad SMARTS) is 1. The highest BCUT2D eigenvalue weighted by Crippen LogP contribution is 2.40. The maximum atomic E-state index is 13.0. The van der Waals surface area contributed by atoms with E-state index in [1.165, 1.54) is 23.8 Å². The Morgan fingerprint density at radius 2 is 2.29 bits per heavy atom. The van der Waals surface area contributed by atoms with Gasteiger partial charge in [-0.05, 0) is 6.07 Å². The van der Waals surface area contributed by atoms with Crippen molar-refractivity contribution in [1.82, 2.24) is 15.2 Å². The predicted molar refractivity (Wildman–Crippen MR) is 126 cm³/mol. The van der Waals surface area contributed by atoms with Crippen LogP contribution in [0.4, 0.5) is 5.13 Å². The average molecular weight is 516 g/mol. The SMILES string of the molecule is CO/N=C(\C(=O)NC1C(=O)N2C(C(=O)O)=C(C[n+]3cccc4occc43)CS[C@H]12)c1csc(N)n1. The minimum atomic E-state index is -1.21. The minimum Gasteiger partial charge on any atom is -0.477 e. The van der Waals surface area contributed by atoms with E-state index in [2.05, 4.69) is 15.5 Å². The number of nitrogens with zero attached hydrogens (tertiary/aromatic N) is 4.